The Morgan fingerprint density at radius 2 is 2.07 bits per heavy atom. The number of thiazole rings is 1. The Balaban J connectivity index is 2.14. The number of nitrogens with one attached hydrogen (secondary N) is 1. The minimum Gasteiger partial charge on any atom is -0.493 e. The number of nitro benzene ring substituents is 1. The van der Waals surface area contributed by atoms with E-state index in [9.17, 15) is 19.7 Å². The number of carbonyl (C=O) groups is 2. The van der Waals surface area contributed by atoms with Crippen LogP contribution in [-0.4, -0.2) is 42.1 Å². The van der Waals surface area contributed by atoms with Gasteiger partial charge in [-0.2, -0.15) is 0 Å². The number of benzene rings is 1. The first kappa shape index (κ1) is 20.1. The average molecular weight is 395 g/mol. The molecule has 27 heavy (non-hydrogen) atoms. The van der Waals surface area contributed by atoms with Crippen LogP contribution in [0, 0.1) is 17.0 Å². The van der Waals surface area contributed by atoms with E-state index in [1.165, 1.54) is 18.4 Å². The highest BCUT2D eigenvalue weighted by molar-refractivity contribution is 7.13. The van der Waals surface area contributed by atoms with Crippen LogP contribution in [0.4, 0.5) is 10.8 Å². The van der Waals surface area contributed by atoms with E-state index in [1.54, 1.807) is 19.2 Å². The molecule has 11 heteroatoms. The minimum absolute atomic E-state index is 0.108. The van der Waals surface area contributed by atoms with Crippen molar-refractivity contribution in [2.45, 2.75) is 13.8 Å². The number of rotatable bonds is 8. The number of aromatic nitrogens is 1. The van der Waals surface area contributed by atoms with Crippen molar-refractivity contribution in [1.29, 1.82) is 0 Å². The number of nitro groups is 1. The van der Waals surface area contributed by atoms with E-state index in [0.29, 0.717) is 5.13 Å². The lowest BCUT2D eigenvalue weighted by atomic mass is 10.1. The van der Waals surface area contributed by atoms with Crippen molar-refractivity contribution < 1.29 is 28.7 Å². The highest BCUT2D eigenvalue weighted by atomic mass is 32.1. The molecule has 1 amide bonds. The number of carbonyl (C=O) groups excluding carboxylic acids is 2. The summed E-state index contributed by atoms with van der Waals surface area (Å²) in [5, 5.41) is 15.8. The Hall–Kier alpha value is -3.21. The van der Waals surface area contributed by atoms with E-state index in [-0.39, 0.29) is 23.7 Å². The van der Waals surface area contributed by atoms with Crippen LogP contribution >= 0.6 is 11.3 Å². The van der Waals surface area contributed by atoms with Gasteiger partial charge in [-0.25, -0.2) is 9.78 Å². The molecule has 1 heterocycles. The van der Waals surface area contributed by atoms with Crippen molar-refractivity contribution in [2.75, 3.05) is 25.6 Å². The third kappa shape index (κ3) is 5.14. The summed E-state index contributed by atoms with van der Waals surface area (Å²) in [5.74, 6) is -1.38. The molecule has 1 N–H and O–H groups in total. The van der Waals surface area contributed by atoms with Crippen LogP contribution < -0.4 is 14.8 Å². The molecule has 0 aliphatic heterocycles. The Kier molecular flexibility index (Phi) is 6.66. The molecule has 0 bridgehead atoms. The number of ether oxygens (including phenoxy) is 3. The number of aryl methyl sites for hydroxylation is 1. The lowest BCUT2D eigenvalue weighted by molar-refractivity contribution is -0.385. The van der Waals surface area contributed by atoms with Gasteiger partial charge in [-0.3, -0.25) is 20.2 Å². The van der Waals surface area contributed by atoms with Crippen molar-refractivity contribution in [2.24, 2.45) is 0 Å². The Bertz CT molecular complexity index is 866. The number of nitrogens with zero attached hydrogens (tertiary/aromatic N) is 2. The van der Waals surface area contributed by atoms with E-state index in [4.69, 9.17) is 14.2 Å². The predicted octanol–water partition coefficient (Wildman–Crippen LogP) is 2.56. The van der Waals surface area contributed by atoms with Gasteiger partial charge in [0.2, 0.25) is 0 Å². The van der Waals surface area contributed by atoms with Crippen molar-refractivity contribution >= 4 is 34.0 Å². The summed E-state index contributed by atoms with van der Waals surface area (Å²) in [4.78, 5) is 38.7. The molecule has 0 fully saturated rings. The SMILES string of the molecule is CCOc1cc(C(=O)OCC(=O)Nc2nc(C)cs2)c([N+](=O)[O-])cc1OC. The van der Waals surface area contributed by atoms with E-state index < -0.39 is 29.1 Å². The second-order valence-corrected chi connectivity index (χ2v) is 5.99. The zero-order chi connectivity index (χ0) is 20.0. The lowest BCUT2D eigenvalue weighted by Crippen LogP contribution is -2.21. The zero-order valence-corrected chi connectivity index (χ0v) is 15.6. The smallest absolute Gasteiger partial charge is 0.345 e. The Labute approximate surface area is 158 Å². The van der Waals surface area contributed by atoms with Gasteiger partial charge in [-0.1, -0.05) is 0 Å². The molecule has 0 aliphatic carbocycles. The maximum atomic E-state index is 12.3. The van der Waals surface area contributed by atoms with E-state index in [1.807, 2.05) is 0 Å². The van der Waals surface area contributed by atoms with E-state index >= 15 is 0 Å². The Morgan fingerprint density at radius 3 is 2.63 bits per heavy atom. The van der Waals surface area contributed by atoms with Crippen LogP contribution in [0.1, 0.15) is 23.0 Å². The van der Waals surface area contributed by atoms with Gasteiger partial charge in [0.1, 0.15) is 5.56 Å². The molecule has 144 valence electrons. The highest BCUT2D eigenvalue weighted by Gasteiger charge is 2.26. The van der Waals surface area contributed by atoms with Gasteiger partial charge in [0.15, 0.2) is 23.2 Å². The van der Waals surface area contributed by atoms with Gasteiger partial charge in [0.25, 0.3) is 11.6 Å². The van der Waals surface area contributed by atoms with E-state index in [0.717, 1.165) is 17.8 Å². The van der Waals surface area contributed by atoms with Crippen LogP contribution in [-0.2, 0) is 9.53 Å². The summed E-state index contributed by atoms with van der Waals surface area (Å²) in [6, 6.07) is 2.23. The van der Waals surface area contributed by atoms with Crippen molar-refractivity contribution in [3.63, 3.8) is 0 Å². The van der Waals surface area contributed by atoms with Gasteiger partial charge in [0.05, 0.1) is 30.4 Å². The molecule has 1 aromatic heterocycles. The van der Waals surface area contributed by atoms with Crippen LogP contribution in [0.15, 0.2) is 17.5 Å². The van der Waals surface area contributed by atoms with Crippen molar-refractivity contribution in [3.05, 3.63) is 38.9 Å². The standard InChI is InChI=1S/C16H17N3O7S/c1-4-25-13-5-10(11(19(22)23)6-12(13)24-3)15(21)26-7-14(20)18-16-17-9(2)8-27-16/h5-6,8H,4,7H2,1-3H3,(H,17,18,20). The molecule has 0 spiro atoms. The van der Waals surface area contributed by atoms with Crippen LogP contribution in [0.25, 0.3) is 0 Å². The highest BCUT2D eigenvalue weighted by Crippen LogP contribution is 2.35. The van der Waals surface area contributed by atoms with E-state index in [2.05, 4.69) is 10.3 Å². The second kappa shape index (κ2) is 8.94. The fourth-order valence-corrected chi connectivity index (χ4v) is 2.77. The number of hydrogen-bond donors (Lipinski definition) is 1. The first-order chi connectivity index (χ1) is 12.8. The molecule has 0 saturated heterocycles. The largest absolute Gasteiger partial charge is 0.493 e. The number of anilines is 1. The summed E-state index contributed by atoms with van der Waals surface area (Å²) < 4.78 is 15.2. The molecule has 0 saturated carbocycles. The number of hydrogen-bond acceptors (Lipinski definition) is 9. The molecule has 0 aliphatic rings. The molecule has 10 nitrogen and oxygen atoms in total. The number of methoxy groups -OCH3 is 1. The Morgan fingerprint density at radius 1 is 1.33 bits per heavy atom. The maximum Gasteiger partial charge on any atom is 0.345 e. The zero-order valence-electron chi connectivity index (χ0n) is 14.8. The molecule has 1 aromatic carbocycles. The quantitative estimate of drug-likeness (QED) is 0.410. The minimum atomic E-state index is -1.03. The lowest BCUT2D eigenvalue weighted by Gasteiger charge is -2.11. The van der Waals surface area contributed by atoms with Crippen molar-refractivity contribution in [1.82, 2.24) is 4.98 Å². The van der Waals surface area contributed by atoms with Crippen molar-refractivity contribution in [3.8, 4) is 11.5 Å². The van der Waals surface area contributed by atoms with Gasteiger partial charge < -0.3 is 14.2 Å². The molecular formula is C16H17N3O7S. The molecule has 2 aromatic rings. The summed E-state index contributed by atoms with van der Waals surface area (Å²) in [6.45, 7) is 3.12. The molecular weight excluding hydrogens is 378 g/mol. The molecule has 0 radical (unpaired) electrons. The summed E-state index contributed by atoms with van der Waals surface area (Å²) in [6.07, 6.45) is 0. The monoisotopic (exact) mass is 395 g/mol. The summed E-state index contributed by atoms with van der Waals surface area (Å²) >= 11 is 1.22. The third-order valence-corrected chi connectivity index (χ3v) is 4.07. The van der Waals surface area contributed by atoms with Crippen LogP contribution in [0.5, 0.6) is 11.5 Å². The van der Waals surface area contributed by atoms with Gasteiger partial charge in [0, 0.05) is 11.4 Å². The molecule has 0 atom stereocenters. The second-order valence-electron chi connectivity index (χ2n) is 5.13. The molecule has 2 rings (SSSR count). The summed E-state index contributed by atoms with van der Waals surface area (Å²) in [7, 11) is 1.32. The maximum absolute atomic E-state index is 12.3. The molecule has 0 unspecified atom stereocenters. The third-order valence-electron chi connectivity index (χ3n) is 3.20. The first-order valence-corrected chi connectivity index (χ1v) is 8.62. The van der Waals surface area contributed by atoms with Crippen LogP contribution in [0.3, 0.4) is 0 Å². The van der Waals surface area contributed by atoms with Gasteiger partial charge in [-0.05, 0) is 13.8 Å². The van der Waals surface area contributed by atoms with Gasteiger partial charge >= 0.3 is 5.97 Å². The normalized spacial score (nSPS) is 10.2. The predicted molar refractivity (Wildman–Crippen MR) is 96.6 cm³/mol. The fraction of sp³-hybridized carbons (Fsp3) is 0.312. The number of amides is 1. The van der Waals surface area contributed by atoms with Gasteiger partial charge in [-0.15, -0.1) is 11.3 Å². The first-order valence-electron chi connectivity index (χ1n) is 7.74. The fourth-order valence-electron chi connectivity index (χ4n) is 2.07. The topological polar surface area (TPSA) is 130 Å². The van der Waals surface area contributed by atoms with Crippen LogP contribution in [0.2, 0.25) is 0 Å². The number of esters is 1. The average Bonchev–Trinajstić information content (AvgIpc) is 3.04. The summed E-state index contributed by atoms with van der Waals surface area (Å²) in [5.41, 5.74) is -0.122.